The molecule has 1 atom stereocenters. The van der Waals surface area contributed by atoms with Crippen molar-refractivity contribution in [3.05, 3.63) is 29.3 Å². The van der Waals surface area contributed by atoms with Crippen molar-refractivity contribution < 1.29 is 14.2 Å². The van der Waals surface area contributed by atoms with E-state index in [1.807, 2.05) is 19.2 Å². The molecule has 1 aromatic carbocycles. The maximum Gasteiger partial charge on any atom is 0.203 e. The molecule has 0 bridgehead atoms. The Labute approximate surface area is 120 Å². The van der Waals surface area contributed by atoms with Gasteiger partial charge in [0.05, 0.1) is 27.4 Å². The zero-order chi connectivity index (χ0) is 14.5. The molecule has 0 fully saturated rings. The van der Waals surface area contributed by atoms with E-state index in [1.165, 1.54) is 12.0 Å². The Morgan fingerprint density at radius 2 is 1.70 bits per heavy atom. The van der Waals surface area contributed by atoms with Gasteiger partial charge in [-0.1, -0.05) is 11.6 Å². The molecule has 2 rings (SSSR count). The largest absolute Gasteiger partial charge is 0.493 e. The van der Waals surface area contributed by atoms with Gasteiger partial charge < -0.3 is 19.5 Å². The normalized spacial score (nSPS) is 15.7. The maximum absolute atomic E-state index is 5.42. The summed E-state index contributed by atoms with van der Waals surface area (Å²) in [6.07, 6.45) is 5.86. The van der Waals surface area contributed by atoms with E-state index in [1.54, 1.807) is 21.3 Å². The third-order valence-electron chi connectivity index (χ3n) is 3.76. The van der Waals surface area contributed by atoms with Crippen LogP contribution in [0.3, 0.4) is 0 Å². The van der Waals surface area contributed by atoms with Crippen molar-refractivity contribution in [2.24, 2.45) is 0 Å². The van der Waals surface area contributed by atoms with Crippen molar-refractivity contribution in [3.63, 3.8) is 0 Å². The average Bonchev–Trinajstić information content (AvgIpc) is 3.00. The highest BCUT2D eigenvalue weighted by Crippen LogP contribution is 2.41. The molecule has 4 heteroatoms. The van der Waals surface area contributed by atoms with Crippen molar-refractivity contribution in [3.8, 4) is 17.2 Å². The first-order valence-corrected chi connectivity index (χ1v) is 6.91. The van der Waals surface area contributed by atoms with E-state index in [9.17, 15) is 0 Å². The van der Waals surface area contributed by atoms with Crippen LogP contribution in [-0.2, 0) is 0 Å². The van der Waals surface area contributed by atoms with Crippen LogP contribution in [0.5, 0.6) is 17.2 Å². The molecule has 20 heavy (non-hydrogen) atoms. The first-order valence-electron chi connectivity index (χ1n) is 6.91. The van der Waals surface area contributed by atoms with Crippen molar-refractivity contribution in [2.45, 2.75) is 25.3 Å². The van der Waals surface area contributed by atoms with Crippen molar-refractivity contribution >= 4 is 0 Å². The summed E-state index contributed by atoms with van der Waals surface area (Å²) in [7, 11) is 6.89. The molecule has 0 amide bonds. The van der Waals surface area contributed by atoms with Gasteiger partial charge in [0.15, 0.2) is 11.5 Å². The number of hydrogen-bond acceptors (Lipinski definition) is 4. The van der Waals surface area contributed by atoms with Crippen LogP contribution in [0.2, 0.25) is 0 Å². The van der Waals surface area contributed by atoms with E-state index in [-0.39, 0.29) is 6.04 Å². The lowest BCUT2D eigenvalue weighted by Gasteiger charge is -2.21. The van der Waals surface area contributed by atoms with Crippen LogP contribution in [0.25, 0.3) is 0 Å². The third-order valence-corrected chi connectivity index (χ3v) is 3.76. The highest BCUT2D eigenvalue weighted by atomic mass is 16.5. The molecule has 1 N–H and O–H groups in total. The average molecular weight is 277 g/mol. The third kappa shape index (κ3) is 2.75. The van der Waals surface area contributed by atoms with Gasteiger partial charge in [-0.05, 0) is 44.0 Å². The summed E-state index contributed by atoms with van der Waals surface area (Å²) in [4.78, 5) is 0. The number of hydrogen-bond donors (Lipinski definition) is 1. The van der Waals surface area contributed by atoms with Gasteiger partial charge in [-0.25, -0.2) is 0 Å². The Balaban J connectivity index is 2.44. The first kappa shape index (κ1) is 14.7. The van der Waals surface area contributed by atoms with Crippen LogP contribution in [0.1, 0.15) is 30.9 Å². The number of likely N-dealkylation sites (N-methyl/N-ethyl adjacent to an activating group) is 1. The topological polar surface area (TPSA) is 39.7 Å². The molecule has 1 aromatic rings. The highest BCUT2D eigenvalue weighted by Gasteiger charge is 2.21. The zero-order valence-corrected chi connectivity index (χ0v) is 12.7. The van der Waals surface area contributed by atoms with E-state index in [4.69, 9.17) is 14.2 Å². The summed E-state index contributed by atoms with van der Waals surface area (Å²) >= 11 is 0. The fourth-order valence-corrected chi connectivity index (χ4v) is 2.79. The molecule has 110 valence electrons. The predicted molar refractivity (Wildman–Crippen MR) is 79.8 cm³/mol. The van der Waals surface area contributed by atoms with Gasteiger partial charge >= 0.3 is 0 Å². The lowest BCUT2D eigenvalue weighted by atomic mass is 9.97. The van der Waals surface area contributed by atoms with Gasteiger partial charge in [-0.15, -0.1) is 0 Å². The van der Waals surface area contributed by atoms with Crippen LogP contribution in [0, 0.1) is 0 Å². The molecule has 1 unspecified atom stereocenters. The Kier molecular flexibility index (Phi) is 4.90. The Hall–Kier alpha value is -1.68. The monoisotopic (exact) mass is 277 g/mol. The molecule has 0 heterocycles. The second-order valence-electron chi connectivity index (χ2n) is 4.85. The lowest BCUT2D eigenvalue weighted by Crippen LogP contribution is -2.18. The zero-order valence-electron chi connectivity index (χ0n) is 12.7. The first-order chi connectivity index (χ1) is 9.74. The van der Waals surface area contributed by atoms with Crippen molar-refractivity contribution in [1.29, 1.82) is 0 Å². The summed E-state index contributed by atoms with van der Waals surface area (Å²) in [6.45, 7) is 0. The number of nitrogens with one attached hydrogen (secondary N) is 1. The van der Waals surface area contributed by atoms with Gasteiger partial charge in [0.1, 0.15) is 0 Å². The highest BCUT2D eigenvalue weighted by molar-refractivity contribution is 5.55. The summed E-state index contributed by atoms with van der Waals surface area (Å²) in [5, 5.41) is 3.38. The summed E-state index contributed by atoms with van der Waals surface area (Å²) in [6, 6.07) is 4.23. The quantitative estimate of drug-likeness (QED) is 0.811. The lowest BCUT2D eigenvalue weighted by molar-refractivity contribution is 0.323. The Morgan fingerprint density at radius 1 is 1.05 bits per heavy atom. The molecular formula is C16H23NO3. The van der Waals surface area contributed by atoms with Crippen LogP contribution < -0.4 is 19.5 Å². The number of methoxy groups -OCH3 is 3. The SMILES string of the molecule is CNC(C1=CCCC1)c1cc(OC)c(OC)c(OC)c1. The standard InChI is InChI=1S/C16H23NO3/c1-17-15(11-7-5-6-8-11)12-9-13(18-2)16(20-4)14(10-12)19-3/h7,9-10,15,17H,5-6,8H2,1-4H3. The molecule has 0 aromatic heterocycles. The van der Waals surface area contributed by atoms with Gasteiger partial charge in [-0.2, -0.15) is 0 Å². The number of ether oxygens (including phenoxy) is 3. The molecule has 0 aliphatic heterocycles. The summed E-state index contributed by atoms with van der Waals surface area (Å²) < 4.78 is 16.2. The Bertz CT molecular complexity index is 471. The second-order valence-corrected chi connectivity index (χ2v) is 4.85. The maximum atomic E-state index is 5.42. The summed E-state index contributed by atoms with van der Waals surface area (Å²) in [5.41, 5.74) is 2.57. The van der Waals surface area contributed by atoms with Gasteiger partial charge in [0, 0.05) is 0 Å². The van der Waals surface area contributed by atoms with Gasteiger partial charge in [0.25, 0.3) is 0 Å². The van der Waals surface area contributed by atoms with Crippen LogP contribution in [0.15, 0.2) is 23.8 Å². The number of benzene rings is 1. The molecule has 1 aliphatic rings. The molecule has 4 nitrogen and oxygen atoms in total. The minimum absolute atomic E-state index is 0.200. The van der Waals surface area contributed by atoms with Crippen LogP contribution >= 0.6 is 0 Å². The van der Waals surface area contributed by atoms with E-state index in [2.05, 4.69) is 11.4 Å². The molecule has 0 radical (unpaired) electrons. The van der Waals surface area contributed by atoms with Crippen molar-refractivity contribution in [2.75, 3.05) is 28.4 Å². The van der Waals surface area contributed by atoms with Crippen LogP contribution in [0.4, 0.5) is 0 Å². The molecule has 0 saturated heterocycles. The minimum Gasteiger partial charge on any atom is -0.493 e. The number of allylic oxidation sites excluding steroid dienone is 1. The minimum atomic E-state index is 0.200. The van der Waals surface area contributed by atoms with Gasteiger partial charge in [0.2, 0.25) is 5.75 Å². The summed E-state index contributed by atoms with van der Waals surface area (Å²) in [5.74, 6) is 2.02. The van der Waals surface area contributed by atoms with E-state index >= 15 is 0 Å². The van der Waals surface area contributed by atoms with Gasteiger partial charge in [-0.3, -0.25) is 0 Å². The van der Waals surface area contributed by atoms with E-state index < -0.39 is 0 Å². The van der Waals surface area contributed by atoms with E-state index in [0.717, 1.165) is 18.4 Å². The Morgan fingerprint density at radius 3 is 2.10 bits per heavy atom. The fourth-order valence-electron chi connectivity index (χ4n) is 2.79. The molecule has 0 spiro atoms. The van der Waals surface area contributed by atoms with E-state index in [0.29, 0.717) is 17.2 Å². The smallest absolute Gasteiger partial charge is 0.203 e. The molecule has 0 saturated carbocycles. The predicted octanol–water partition coefficient (Wildman–Crippen LogP) is 3.08. The number of rotatable bonds is 6. The fraction of sp³-hybridized carbons (Fsp3) is 0.500. The molecular weight excluding hydrogens is 254 g/mol. The van der Waals surface area contributed by atoms with Crippen LogP contribution in [-0.4, -0.2) is 28.4 Å². The molecule has 1 aliphatic carbocycles. The second kappa shape index (κ2) is 6.66. The van der Waals surface area contributed by atoms with Crippen molar-refractivity contribution in [1.82, 2.24) is 5.32 Å².